The monoisotopic (exact) mass is 474 g/mol. The summed E-state index contributed by atoms with van der Waals surface area (Å²) in [5.74, 6) is -1.53. The highest BCUT2D eigenvalue weighted by molar-refractivity contribution is 5.94. The molecule has 7 nitrogen and oxygen atoms in total. The van der Waals surface area contributed by atoms with Gasteiger partial charge in [0, 0.05) is 6.42 Å². The first-order valence-corrected chi connectivity index (χ1v) is 12.0. The van der Waals surface area contributed by atoms with E-state index in [-0.39, 0.29) is 18.2 Å². The Labute approximate surface area is 204 Å². The maximum atomic E-state index is 12.8. The lowest BCUT2D eigenvalue weighted by molar-refractivity contribution is -0.150. The van der Waals surface area contributed by atoms with Gasteiger partial charge in [-0.3, -0.25) is 9.59 Å². The number of aryl methyl sites for hydroxylation is 2. The molecular formula is C28H30N2O5. The number of esters is 1. The van der Waals surface area contributed by atoms with Gasteiger partial charge in [0.15, 0.2) is 12.4 Å². The molecule has 0 spiro atoms. The average molecular weight is 475 g/mol. The molecule has 1 aliphatic carbocycles. The maximum absolute atomic E-state index is 12.8. The largest absolute Gasteiger partial charge is 0.459 e. The normalized spacial score (nSPS) is 14.3. The van der Waals surface area contributed by atoms with E-state index >= 15 is 0 Å². The van der Waals surface area contributed by atoms with Gasteiger partial charge in [-0.05, 0) is 67.0 Å². The fraction of sp³-hybridized carbons (Fsp3) is 0.321. The molecule has 35 heavy (non-hydrogen) atoms. The minimum absolute atomic E-state index is 0.0903. The van der Waals surface area contributed by atoms with E-state index in [0.717, 1.165) is 24.0 Å². The summed E-state index contributed by atoms with van der Waals surface area (Å²) in [5, 5.41) is 5.54. The quantitative estimate of drug-likeness (QED) is 0.458. The van der Waals surface area contributed by atoms with Crippen molar-refractivity contribution in [2.75, 3.05) is 6.61 Å². The van der Waals surface area contributed by atoms with Gasteiger partial charge in [-0.25, -0.2) is 4.79 Å². The van der Waals surface area contributed by atoms with Crippen LogP contribution >= 0.6 is 0 Å². The van der Waals surface area contributed by atoms with Gasteiger partial charge in [0.05, 0.1) is 12.3 Å². The van der Waals surface area contributed by atoms with Gasteiger partial charge in [0.2, 0.25) is 0 Å². The molecule has 182 valence electrons. The number of benzene rings is 2. The second-order valence-corrected chi connectivity index (χ2v) is 8.83. The molecule has 0 radical (unpaired) electrons. The SMILES string of the molecule is CC(NC(=O)COC(=O)[C@H](Cc1ccccc1)NC(=O)c1ccco1)c1ccc2c(c1)CCCC2. The van der Waals surface area contributed by atoms with Gasteiger partial charge in [0.25, 0.3) is 11.8 Å². The second-order valence-electron chi connectivity index (χ2n) is 8.83. The number of nitrogens with one attached hydrogen (secondary N) is 2. The lowest BCUT2D eigenvalue weighted by Gasteiger charge is -2.20. The molecule has 2 amide bonds. The van der Waals surface area contributed by atoms with Crippen LogP contribution in [0.1, 0.15) is 58.6 Å². The highest BCUT2D eigenvalue weighted by atomic mass is 16.5. The summed E-state index contributed by atoms with van der Waals surface area (Å²) >= 11 is 0. The Bertz CT molecular complexity index is 1160. The molecule has 2 atom stereocenters. The van der Waals surface area contributed by atoms with Crippen molar-refractivity contribution in [2.45, 2.75) is 51.1 Å². The van der Waals surface area contributed by atoms with Crippen LogP contribution in [0, 0.1) is 0 Å². The van der Waals surface area contributed by atoms with E-state index in [4.69, 9.17) is 9.15 Å². The van der Waals surface area contributed by atoms with Crippen LogP contribution in [0.2, 0.25) is 0 Å². The molecule has 2 N–H and O–H groups in total. The van der Waals surface area contributed by atoms with Crippen molar-refractivity contribution in [1.29, 1.82) is 0 Å². The molecule has 1 aromatic heterocycles. The average Bonchev–Trinajstić information content (AvgIpc) is 3.42. The summed E-state index contributed by atoms with van der Waals surface area (Å²) in [6, 6.07) is 17.5. The molecule has 3 aromatic rings. The Kier molecular flexibility index (Phi) is 7.98. The first kappa shape index (κ1) is 24.3. The first-order chi connectivity index (χ1) is 17.0. The number of furan rings is 1. The fourth-order valence-electron chi connectivity index (χ4n) is 4.31. The van der Waals surface area contributed by atoms with Crippen molar-refractivity contribution in [3.63, 3.8) is 0 Å². The van der Waals surface area contributed by atoms with Crippen LogP contribution in [-0.4, -0.2) is 30.4 Å². The Morgan fingerprint density at radius 3 is 2.46 bits per heavy atom. The minimum atomic E-state index is -0.971. The van der Waals surface area contributed by atoms with Crippen LogP contribution in [0.3, 0.4) is 0 Å². The van der Waals surface area contributed by atoms with Gasteiger partial charge in [-0.1, -0.05) is 48.5 Å². The molecule has 0 aliphatic heterocycles. The zero-order valence-electron chi connectivity index (χ0n) is 19.8. The number of carbonyl (C=O) groups is 3. The van der Waals surface area contributed by atoms with Crippen LogP contribution in [0.4, 0.5) is 0 Å². The molecule has 0 saturated carbocycles. The van der Waals surface area contributed by atoms with Crippen molar-refractivity contribution < 1.29 is 23.5 Å². The first-order valence-electron chi connectivity index (χ1n) is 12.0. The highest BCUT2D eigenvalue weighted by Crippen LogP contribution is 2.24. The molecule has 0 fully saturated rings. The fourth-order valence-corrected chi connectivity index (χ4v) is 4.31. The number of fused-ring (bicyclic) bond motifs is 1. The number of carbonyl (C=O) groups excluding carboxylic acids is 3. The molecule has 0 saturated heterocycles. The van der Waals surface area contributed by atoms with Crippen molar-refractivity contribution in [2.24, 2.45) is 0 Å². The van der Waals surface area contributed by atoms with Crippen LogP contribution in [0.25, 0.3) is 0 Å². The summed E-state index contributed by atoms with van der Waals surface area (Å²) in [6.45, 7) is 1.47. The molecule has 2 aromatic carbocycles. The Balaban J connectivity index is 1.34. The molecule has 7 heteroatoms. The third kappa shape index (κ3) is 6.59. The standard InChI is InChI=1S/C28H30N2O5/c1-19(22-14-13-21-10-5-6-11-23(21)17-22)29-26(31)18-35-28(33)24(16-20-8-3-2-4-9-20)30-27(32)25-12-7-15-34-25/h2-4,7-9,12-15,17,19,24H,5-6,10-11,16,18H2,1H3,(H,29,31)(H,30,32)/t19?,24-/m0/s1. The van der Waals surface area contributed by atoms with Crippen LogP contribution in [-0.2, 0) is 33.6 Å². The molecule has 4 rings (SSSR count). The minimum Gasteiger partial charge on any atom is -0.459 e. The molecule has 1 unspecified atom stereocenters. The third-order valence-electron chi connectivity index (χ3n) is 6.21. The van der Waals surface area contributed by atoms with Gasteiger partial charge >= 0.3 is 5.97 Å². The zero-order valence-corrected chi connectivity index (χ0v) is 19.8. The summed E-state index contributed by atoms with van der Waals surface area (Å²) in [4.78, 5) is 37.8. The van der Waals surface area contributed by atoms with E-state index in [2.05, 4.69) is 22.8 Å². The van der Waals surface area contributed by atoms with Crippen molar-refractivity contribution in [3.8, 4) is 0 Å². The Hall–Kier alpha value is -3.87. The van der Waals surface area contributed by atoms with E-state index in [1.165, 1.54) is 36.3 Å². The predicted octanol–water partition coefficient (Wildman–Crippen LogP) is 3.92. The Morgan fingerprint density at radius 2 is 1.71 bits per heavy atom. The van der Waals surface area contributed by atoms with Gasteiger partial charge in [-0.2, -0.15) is 0 Å². The van der Waals surface area contributed by atoms with Gasteiger partial charge in [-0.15, -0.1) is 0 Å². The summed E-state index contributed by atoms with van der Waals surface area (Å²) in [7, 11) is 0. The van der Waals surface area contributed by atoms with Gasteiger partial charge in [0.1, 0.15) is 6.04 Å². The molecule has 1 aliphatic rings. The van der Waals surface area contributed by atoms with E-state index in [9.17, 15) is 14.4 Å². The van der Waals surface area contributed by atoms with Crippen molar-refractivity contribution in [3.05, 3.63) is 94.9 Å². The maximum Gasteiger partial charge on any atom is 0.329 e. The number of hydrogen-bond acceptors (Lipinski definition) is 5. The number of rotatable bonds is 9. The van der Waals surface area contributed by atoms with Crippen molar-refractivity contribution in [1.82, 2.24) is 10.6 Å². The topological polar surface area (TPSA) is 97.6 Å². The molecule has 1 heterocycles. The smallest absolute Gasteiger partial charge is 0.329 e. The summed E-state index contributed by atoms with van der Waals surface area (Å²) in [6.07, 6.45) is 6.18. The van der Waals surface area contributed by atoms with Crippen LogP contribution in [0.15, 0.2) is 71.3 Å². The summed E-state index contributed by atoms with van der Waals surface area (Å²) in [5.41, 5.74) is 4.60. The number of ether oxygens (including phenoxy) is 1. The number of hydrogen-bond donors (Lipinski definition) is 2. The predicted molar refractivity (Wildman–Crippen MR) is 131 cm³/mol. The van der Waals surface area contributed by atoms with Crippen LogP contribution in [0.5, 0.6) is 0 Å². The summed E-state index contributed by atoms with van der Waals surface area (Å²) < 4.78 is 10.4. The molecular weight excluding hydrogens is 444 g/mol. The highest BCUT2D eigenvalue weighted by Gasteiger charge is 2.25. The zero-order chi connectivity index (χ0) is 24.6. The van der Waals surface area contributed by atoms with E-state index in [1.807, 2.05) is 43.3 Å². The lowest BCUT2D eigenvalue weighted by atomic mass is 9.89. The van der Waals surface area contributed by atoms with E-state index in [0.29, 0.717) is 0 Å². The Morgan fingerprint density at radius 1 is 0.943 bits per heavy atom. The van der Waals surface area contributed by atoms with E-state index < -0.39 is 30.4 Å². The second kappa shape index (κ2) is 11.5. The molecule has 0 bridgehead atoms. The third-order valence-corrected chi connectivity index (χ3v) is 6.21. The lowest BCUT2D eigenvalue weighted by Crippen LogP contribution is -2.44. The number of amides is 2. The van der Waals surface area contributed by atoms with Crippen molar-refractivity contribution >= 4 is 17.8 Å². The van der Waals surface area contributed by atoms with Crippen LogP contribution < -0.4 is 10.6 Å². The van der Waals surface area contributed by atoms with E-state index in [1.54, 1.807) is 6.07 Å². The van der Waals surface area contributed by atoms with Gasteiger partial charge < -0.3 is 19.8 Å².